The first-order valence-electron chi connectivity index (χ1n) is 6.81. The standard InChI is InChI=1S/C19H14N2/c1-14-18(16-9-7-15(13-20)8-10-16)11-12-19(21-14)17-5-3-2-4-6-17/h2-12H,1H3. The van der Waals surface area contributed by atoms with Crippen molar-refractivity contribution in [1.29, 1.82) is 5.26 Å². The number of nitrogens with zero attached hydrogens (tertiary/aromatic N) is 2. The summed E-state index contributed by atoms with van der Waals surface area (Å²) in [5, 5.41) is 8.85. The third-order valence-corrected chi connectivity index (χ3v) is 3.48. The average molecular weight is 270 g/mol. The number of benzene rings is 2. The lowest BCUT2D eigenvalue weighted by Crippen LogP contribution is -1.91. The lowest BCUT2D eigenvalue weighted by Gasteiger charge is -2.08. The van der Waals surface area contributed by atoms with Gasteiger partial charge in [-0.2, -0.15) is 5.26 Å². The molecule has 100 valence electrons. The van der Waals surface area contributed by atoms with Crippen molar-refractivity contribution in [3.63, 3.8) is 0 Å². The van der Waals surface area contributed by atoms with E-state index in [-0.39, 0.29) is 0 Å². The zero-order valence-corrected chi connectivity index (χ0v) is 11.7. The number of pyridine rings is 1. The Labute approximate surface area is 124 Å². The SMILES string of the molecule is Cc1nc(-c2ccccc2)ccc1-c1ccc(C#N)cc1. The molecule has 3 rings (SSSR count). The predicted octanol–water partition coefficient (Wildman–Crippen LogP) is 4.60. The molecule has 0 radical (unpaired) electrons. The zero-order chi connectivity index (χ0) is 14.7. The largest absolute Gasteiger partial charge is 0.252 e. The molecule has 0 spiro atoms. The molecule has 0 saturated carbocycles. The molecule has 2 aromatic carbocycles. The number of nitriles is 1. The van der Waals surface area contributed by atoms with Crippen molar-refractivity contribution in [3.05, 3.63) is 78.0 Å². The Hall–Kier alpha value is -2.92. The Morgan fingerprint density at radius 2 is 1.52 bits per heavy atom. The molecule has 1 heterocycles. The van der Waals surface area contributed by atoms with Crippen LogP contribution in [0.25, 0.3) is 22.4 Å². The number of rotatable bonds is 2. The van der Waals surface area contributed by atoms with Gasteiger partial charge in [0.1, 0.15) is 0 Å². The van der Waals surface area contributed by atoms with E-state index in [1.54, 1.807) is 0 Å². The fraction of sp³-hybridized carbons (Fsp3) is 0.0526. The van der Waals surface area contributed by atoms with Gasteiger partial charge in [-0.15, -0.1) is 0 Å². The van der Waals surface area contributed by atoms with Crippen molar-refractivity contribution in [2.75, 3.05) is 0 Å². The van der Waals surface area contributed by atoms with Gasteiger partial charge in [-0.25, -0.2) is 0 Å². The molecule has 0 amide bonds. The summed E-state index contributed by atoms with van der Waals surface area (Å²) in [7, 11) is 0. The average Bonchev–Trinajstić information content (AvgIpc) is 2.56. The second kappa shape index (κ2) is 5.60. The summed E-state index contributed by atoms with van der Waals surface area (Å²) in [4.78, 5) is 4.70. The Morgan fingerprint density at radius 3 is 2.14 bits per heavy atom. The summed E-state index contributed by atoms with van der Waals surface area (Å²) < 4.78 is 0. The Bertz CT molecular complexity index is 797. The van der Waals surface area contributed by atoms with E-state index < -0.39 is 0 Å². The summed E-state index contributed by atoms with van der Waals surface area (Å²) in [5.74, 6) is 0. The van der Waals surface area contributed by atoms with Crippen LogP contribution in [0.2, 0.25) is 0 Å². The molecule has 0 saturated heterocycles. The summed E-state index contributed by atoms with van der Waals surface area (Å²) in [6.07, 6.45) is 0. The molecular weight excluding hydrogens is 256 g/mol. The van der Waals surface area contributed by atoms with Gasteiger partial charge in [-0.1, -0.05) is 48.5 Å². The smallest absolute Gasteiger partial charge is 0.0991 e. The minimum absolute atomic E-state index is 0.672. The molecule has 0 aliphatic carbocycles. The molecule has 1 aromatic heterocycles. The molecule has 0 bridgehead atoms. The van der Waals surface area contributed by atoms with Gasteiger partial charge in [-0.05, 0) is 30.7 Å². The highest BCUT2D eigenvalue weighted by atomic mass is 14.7. The van der Waals surface area contributed by atoms with E-state index in [1.165, 1.54) is 0 Å². The monoisotopic (exact) mass is 270 g/mol. The fourth-order valence-corrected chi connectivity index (χ4v) is 2.36. The quantitative estimate of drug-likeness (QED) is 0.682. The Morgan fingerprint density at radius 1 is 0.810 bits per heavy atom. The maximum absolute atomic E-state index is 8.85. The number of aryl methyl sites for hydroxylation is 1. The number of aromatic nitrogens is 1. The Kier molecular flexibility index (Phi) is 3.49. The van der Waals surface area contributed by atoms with Crippen molar-refractivity contribution in [1.82, 2.24) is 4.98 Å². The van der Waals surface area contributed by atoms with E-state index >= 15 is 0 Å². The predicted molar refractivity (Wildman–Crippen MR) is 84.6 cm³/mol. The van der Waals surface area contributed by atoms with Crippen molar-refractivity contribution < 1.29 is 0 Å². The molecule has 3 aromatic rings. The maximum atomic E-state index is 8.85. The molecule has 0 aliphatic rings. The van der Waals surface area contributed by atoms with Gasteiger partial charge in [0.25, 0.3) is 0 Å². The zero-order valence-electron chi connectivity index (χ0n) is 11.7. The van der Waals surface area contributed by atoms with E-state index in [9.17, 15) is 0 Å². The van der Waals surface area contributed by atoms with Crippen LogP contribution in [0.15, 0.2) is 66.7 Å². The molecular formula is C19H14N2. The first-order valence-corrected chi connectivity index (χ1v) is 6.81. The summed E-state index contributed by atoms with van der Waals surface area (Å²) >= 11 is 0. The van der Waals surface area contributed by atoms with Gasteiger partial charge < -0.3 is 0 Å². The van der Waals surface area contributed by atoms with Crippen LogP contribution in [0, 0.1) is 18.3 Å². The van der Waals surface area contributed by atoms with Gasteiger partial charge in [0.15, 0.2) is 0 Å². The van der Waals surface area contributed by atoms with Crippen LogP contribution in [-0.4, -0.2) is 4.98 Å². The van der Waals surface area contributed by atoms with Crippen LogP contribution in [0.4, 0.5) is 0 Å². The molecule has 0 aliphatic heterocycles. The lowest BCUT2D eigenvalue weighted by atomic mass is 10.0. The summed E-state index contributed by atoms with van der Waals surface area (Å²) in [6.45, 7) is 2.01. The second-order valence-electron chi connectivity index (χ2n) is 4.88. The van der Waals surface area contributed by atoms with E-state index in [2.05, 4.69) is 24.3 Å². The minimum Gasteiger partial charge on any atom is -0.252 e. The van der Waals surface area contributed by atoms with Gasteiger partial charge in [0.2, 0.25) is 0 Å². The number of hydrogen-bond acceptors (Lipinski definition) is 2. The maximum Gasteiger partial charge on any atom is 0.0991 e. The van der Waals surface area contributed by atoms with Crippen molar-refractivity contribution in [2.45, 2.75) is 6.92 Å². The van der Waals surface area contributed by atoms with Gasteiger partial charge in [0, 0.05) is 16.8 Å². The topological polar surface area (TPSA) is 36.7 Å². The highest BCUT2D eigenvalue weighted by molar-refractivity contribution is 5.70. The Balaban J connectivity index is 2.00. The van der Waals surface area contributed by atoms with Gasteiger partial charge in [0.05, 0.1) is 17.3 Å². The molecule has 0 N–H and O–H groups in total. The molecule has 0 unspecified atom stereocenters. The fourth-order valence-electron chi connectivity index (χ4n) is 2.36. The highest BCUT2D eigenvalue weighted by Crippen LogP contribution is 2.26. The minimum atomic E-state index is 0.672. The normalized spacial score (nSPS) is 10.1. The van der Waals surface area contributed by atoms with Crippen LogP contribution in [0.5, 0.6) is 0 Å². The third-order valence-electron chi connectivity index (χ3n) is 3.48. The van der Waals surface area contributed by atoms with Crippen LogP contribution in [0.3, 0.4) is 0 Å². The summed E-state index contributed by atoms with van der Waals surface area (Å²) in [6, 6.07) is 24.0. The molecule has 0 atom stereocenters. The van der Waals surface area contributed by atoms with Crippen LogP contribution in [-0.2, 0) is 0 Å². The first kappa shape index (κ1) is 13.1. The van der Waals surface area contributed by atoms with Crippen LogP contribution in [0.1, 0.15) is 11.3 Å². The molecule has 0 fully saturated rings. The first-order chi connectivity index (χ1) is 10.3. The van der Waals surface area contributed by atoms with Gasteiger partial charge in [-0.3, -0.25) is 4.98 Å². The summed E-state index contributed by atoms with van der Waals surface area (Å²) in [5.41, 5.74) is 5.93. The van der Waals surface area contributed by atoms with E-state index in [1.807, 2.05) is 55.5 Å². The molecule has 2 nitrogen and oxygen atoms in total. The highest BCUT2D eigenvalue weighted by Gasteiger charge is 2.06. The van der Waals surface area contributed by atoms with E-state index in [0.717, 1.165) is 28.1 Å². The second-order valence-corrected chi connectivity index (χ2v) is 4.88. The van der Waals surface area contributed by atoms with E-state index in [0.29, 0.717) is 5.56 Å². The van der Waals surface area contributed by atoms with Crippen molar-refractivity contribution >= 4 is 0 Å². The van der Waals surface area contributed by atoms with E-state index in [4.69, 9.17) is 10.2 Å². The van der Waals surface area contributed by atoms with Crippen molar-refractivity contribution in [2.24, 2.45) is 0 Å². The van der Waals surface area contributed by atoms with Crippen LogP contribution >= 0.6 is 0 Å². The van der Waals surface area contributed by atoms with Crippen molar-refractivity contribution in [3.8, 4) is 28.5 Å². The molecule has 2 heteroatoms. The van der Waals surface area contributed by atoms with Gasteiger partial charge >= 0.3 is 0 Å². The lowest BCUT2D eigenvalue weighted by molar-refractivity contribution is 1.21. The molecule has 21 heavy (non-hydrogen) atoms. The third kappa shape index (κ3) is 2.68. The number of hydrogen-bond donors (Lipinski definition) is 0. The van der Waals surface area contributed by atoms with Crippen LogP contribution < -0.4 is 0 Å².